The average Bonchev–Trinajstić information content (AvgIpc) is 3.24. The molecule has 1 aliphatic rings. The van der Waals surface area contributed by atoms with E-state index in [1.54, 1.807) is 18.8 Å². The number of thioether (sulfide) groups is 1. The number of guanidine groups is 1. The summed E-state index contributed by atoms with van der Waals surface area (Å²) < 4.78 is 0. The lowest BCUT2D eigenvalue weighted by Crippen LogP contribution is -2.38. The number of anilines is 1. The third kappa shape index (κ3) is 6.33. The van der Waals surface area contributed by atoms with Crippen molar-refractivity contribution in [1.29, 1.82) is 0 Å². The number of aromatic nitrogens is 1. The predicted octanol–water partition coefficient (Wildman–Crippen LogP) is 3.79. The Bertz CT molecular complexity index is 727. The number of hydrogen-bond acceptors (Lipinski definition) is 4. The van der Waals surface area contributed by atoms with E-state index in [9.17, 15) is 0 Å². The smallest absolute Gasteiger partial charge is 0.191 e. The molecule has 144 valence electrons. The van der Waals surface area contributed by atoms with Crippen molar-refractivity contribution in [3.05, 3.63) is 53.2 Å². The molecule has 2 aromatic rings. The largest absolute Gasteiger partial charge is 0.357 e. The molecule has 0 unspecified atom stereocenters. The van der Waals surface area contributed by atoms with E-state index in [1.807, 2.05) is 30.5 Å². The first-order valence-electron chi connectivity index (χ1n) is 9.27. The molecule has 1 fully saturated rings. The highest BCUT2D eigenvalue weighted by Crippen LogP contribution is 2.19. The topological polar surface area (TPSA) is 52.6 Å². The first kappa shape index (κ1) is 19.8. The lowest BCUT2D eigenvalue weighted by molar-refractivity contribution is 0.827. The van der Waals surface area contributed by atoms with Crippen LogP contribution in [0.1, 0.15) is 18.4 Å². The van der Waals surface area contributed by atoms with Crippen LogP contribution in [-0.2, 0) is 6.54 Å². The van der Waals surface area contributed by atoms with Gasteiger partial charge >= 0.3 is 0 Å². The van der Waals surface area contributed by atoms with Gasteiger partial charge in [-0.15, -0.1) is 11.8 Å². The average molecular weight is 404 g/mol. The number of rotatable bonds is 7. The Kier molecular flexibility index (Phi) is 7.66. The summed E-state index contributed by atoms with van der Waals surface area (Å²) in [6.07, 6.45) is 4.48. The molecule has 1 aromatic carbocycles. The summed E-state index contributed by atoms with van der Waals surface area (Å²) in [7, 11) is 1.79. The van der Waals surface area contributed by atoms with Crippen molar-refractivity contribution in [2.75, 3.05) is 37.3 Å². The highest BCUT2D eigenvalue weighted by atomic mass is 35.5. The van der Waals surface area contributed by atoms with E-state index in [4.69, 9.17) is 11.6 Å². The Morgan fingerprint density at radius 2 is 1.93 bits per heavy atom. The van der Waals surface area contributed by atoms with Gasteiger partial charge in [0.15, 0.2) is 5.96 Å². The van der Waals surface area contributed by atoms with Gasteiger partial charge in [0.05, 0.1) is 0 Å². The summed E-state index contributed by atoms with van der Waals surface area (Å²) in [5.74, 6) is 2.84. The number of nitrogens with one attached hydrogen (secondary N) is 2. The molecule has 3 rings (SSSR count). The number of hydrogen-bond donors (Lipinski definition) is 2. The Balaban J connectivity index is 1.37. The minimum Gasteiger partial charge on any atom is -0.357 e. The van der Waals surface area contributed by atoms with Gasteiger partial charge < -0.3 is 15.5 Å². The maximum Gasteiger partial charge on any atom is 0.191 e. The third-order valence-electron chi connectivity index (χ3n) is 4.40. The van der Waals surface area contributed by atoms with Crippen LogP contribution in [0.2, 0.25) is 5.02 Å². The van der Waals surface area contributed by atoms with Crippen LogP contribution in [0, 0.1) is 0 Å². The summed E-state index contributed by atoms with van der Waals surface area (Å²) in [6.45, 7) is 3.78. The van der Waals surface area contributed by atoms with Crippen LogP contribution in [0.4, 0.5) is 5.82 Å². The minimum atomic E-state index is 0.706. The van der Waals surface area contributed by atoms with Crippen molar-refractivity contribution in [3.8, 4) is 0 Å². The summed E-state index contributed by atoms with van der Waals surface area (Å²) in [5.41, 5.74) is 1.15. The molecule has 0 atom stereocenters. The van der Waals surface area contributed by atoms with Crippen molar-refractivity contribution >= 4 is 35.1 Å². The zero-order valence-corrected chi connectivity index (χ0v) is 17.2. The normalized spacial score (nSPS) is 14.4. The highest BCUT2D eigenvalue weighted by Gasteiger charge is 2.12. The molecule has 7 heteroatoms. The number of aliphatic imine (C=N–C) groups is 1. The fourth-order valence-electron chi connectivity index (χ4n) is 2.93. The summed E-state index contributed by atoms with van der Waals surface area (Å²) >= 11 is 7.70. The molecule has 5 nitrogen and oxygen atoms in total. The molecule has 2 N–H and O–H groups in total. The molecule has 27 heavy (non-hydrogen) atoms. The van der Waals surface area contributed by atoms with Gasteiger partial charge in [0.2, 0.25) is 0 Å². The fraction of sp³-hybridized carbons (Fsp3) is 0.400. The molecule has 0 amide bonds. The van der Waals surface area contributed by atoms with E-state index >= 15 is 0 Å². The number of pyridine rings is 1. The molecular weight excluding hydrogens is 378 g/mol. The molecule has 2 heterocycles. The van der Waals surface area contributed by atoms with Gasteiger partial charge in [-0.1, -0.05) is 17.7 Å². The van der Waals surface area contributed by atoms with E-state index in [-0.39, 0.29) is 0 Å². The van der Waals surface area contributed by atoms with Gasteiger partial charge in [0, 0.05) is 55.1 Å². The second-order valence-corrected chi connectivity index (χ2v) is 7.98. The van der Waals surface area contributed by atoms with Gasteiger partial charge in [-0.25, -0.2) is 4.98 Å². The van der Waals surface area contributed by atoms with Crippen molar-refractivity contribution < 1.29 is 0 Å². The third-order valence-corrected chi connectivity index (χ3v) is 5.67. The maximum atomic E-state index is 5.91. The number of nitrogens with zero attached hydrogens (tertiary/aromatic N) is 3. The van der Waals surface area contributed by atoms with Crippen molar-refractivity contribution in [1.82, 2.24) is 15.6 Å². The Labute approximate surface area is 170 Å². The Morgan fingerprint density at radius 3 is 2.59 bits per heavy atom. The molecule has 0 saturated carbocycles. The van der Waals surface area contributed by atoms with Crippen LogP contribution in [-0.4, -0.2) is 43.4 Å². The van der Waals surface area contributed by atoms with Crippen LogP contribution in [0.15, 0.2) is 52.5 Å². The van der Waals surface area contributed by atoms with Crippen LogP contribution in [0.3, 0.4) is 0 Å². The van der Waals surface area contributed by atoms with Gasteiger partial charge in [-0.05, 0) is 48.7 Å². The van der Waals surface area contributed by atoms with E-state index in [0.717, 1.165) is 47.8 Å². The zero-order valence-electron chi connectivity index (χ0n) is 15.6. The summed E-state index contributed by atoms with van der Waals surface area (Å²) in [5, 5.41) is 7.45. The van der Waals surface area contributed by atoms with Crippen molar-refractivity contribution in [3.63, 3.8) is 0 Å². The monoisotopic (exact) mass is 403 g/mol. The van der Waals surface area contributed by atoms with Gasteiger partial charge in [0.25, 0.3) is 0 Å². The molecule has 0 aliphatic carbocycles. The van der Waals surface area contributed by atoms with E-state index in [1.165, 1.54) is 17.7 Å². The van der Waals surface area contributed by atoms with Crippen LogP contribution in [0.5, 0.6) is 0 Å². The van der Waals surface area contributed by atoms with Gasteiger partial charge in [-0.3, -0.25) is 4.99 Å². The molecule has 1 saturated heterocycles. The molecular formula is C20H26ClN5S. The second kappa shape index (κ2) is 10.4. The van der Waals surface area contributed by atoms with Crippen LogP contribution in [0.25, 0.3) is 0 Å². The van der Waals surface area contributed by atoms with Gasteiger partial charge in [0.1, 0.15) is 5.82 Å². The SMILES string of the molecule is CN=C(NCCSc1ccc(Cl)cc1)NCc1ccc(N2CCCC2)nc1. The van der Waals surface area contributed by atoms with E-state index in [2.05, 4.69) is 37.6 Å². The zero-order chi connectivity index (χ0) is 18.9. The highest BCUT2D eigenvalue weighted by molar-refractivity contribution is 7.99. The summed E-state index contributed by atoms with van der Waals surface area (Å²) in [4.78, 5) is 12.4. The second-order valence-electron chi connectivity index (χ2n) is 6.37. The predicted molar refractivity (Wildman–Crippen MR) is 116 cm³/mol. The summed E-state index contributed by atoms with van der Waals surface area (Å²) in [6, 6.07) is 12.2. The van der Waals surface area contributed by atoms with Crippen LogP contribution >= 0.6 is 23.4 Å². The maximum absolute atomic E-state index is 5.91. The quantitative estimate of drug-likeness (QED) is 0.319. The molecule has 1 aromatic heterocycles. The van der Waals surface area contributed by atoms with Crippen molar-refractivity contribution in [2.45, 2.75) is 24.3 Å². The van der Waals surface area contributed by atoms with Gasteiger partial charge in [-0.2, -0.15) is 0 Å². The molecule has 0 radical (unpaired) electrons. The fourth-order valence-corrected chi connectivity index (χ4v) is 3.82. The lowest BCUT2D eigenvalue weighted by atomic mass is 10.3. The van der Waals surface area contributed by atoms with E-state index in [0.29, 0.717) is 6.54 Å². The Morgan fingerprint density at radius 1 is 1.15 bits per heavy atom. The van der Waals surface area contributed by atoms with Crippen molar-refractivity contribution in [2.24, 2.45) is 4.99 Å². The standard InChI is InChI=1S/C20H26ClN5S/c1-22-20(23-10-13-27-18-7-5-17(21)6-8-18)25-15-16-4-9-19(24-14-16)26-11-2-3-12-26/h4-9,14H,2-3,10-13,15H2,1H3,(H2,22,23,25). The molecule has 0 spiro atoms. The first-order chi connectivity index (χ1) is 13.2. The molecule has 0 bridgehead atoms. The molecule has 1 aliphatic heterocycles. The number of halogens is 1. The lowest BCUT2D eigenvalue weighted by Gasteiger charge is -2.16. The Hall–Kier alpha value is -1.92. The number of benzene rings is 1. The minimum absolute atomic E-state index is 0.706. The van der Waals surface area contributed by atoms with E-state index < -0.39 is 0 Å². The first-order valence-corrected chi connectivity index (χ1v) is 10.6. The van der Waals surface area contributed by atoms with Crippen LogP contribution < -0.4 is 15.5 Å².